The van der Waals surface area contributed by atoms with Crippen molar-refractivity contribution in [2.45, 2.75) is 51.2 Å². The molecule has 1 fully saturated rings. The lowest BCUT2D eigenvalue weighted by Crippen LogP contribution is -2.27. The molecule has 0 N–H and O–H groups in total. The van der Waals surface area contributed by atoms with Crippen LogP contribution < -0.4 is 0 Å². The summed E-state index contributed by atoms with van der Waals surface area (Å²) in [6.07, 6.45) is 2.61. The zero-order chi connectivity index (χ0) is 13.3. The monoisotopic (exact) mass is 264 g/mol. The highest BCUT2D eigenvalue weighted by molar-refractivity contribution is 7.86. The van der Waals surface area contributed by atoms with Gasteiger partial charge in [-0.2, -0.15) is 0 Å². The van der Waals surface area contributed by atoms with E-state index in [1.54, 1.807) is 0 Å². The van der Waals surface area contributed by atoms with Gasteiger partial charge in [-0.1, -0.05) is 29.8 Å². The third-order valence-corrected chi connectivity index (χ3v) is 5.74. The summed E-state index contributed by atoms with van der Waals surface area (Å²) in [7, 11) is -0.754. The molecule has 18 heavy (non-hydrogen) atoms. The maximum absolute atomic E-state index is 12.4. The summed E-state index contributed by atoms with van der Waals surface area (Å²) in [5.74, 6) is 2.07. The molecule has 0 saturated heterocycles. The molecule has 0 aromatic heterocycles. The van der Waals surface area contributed by atoms with Gasteiger partial charge in [0.05, 0.1) is 0 Å². The molecule has 0 radical (unpaired) electrons. The molecule has 100 valence electrons. The SMILES string of the molecule is Cc1ccc(C(C[S@@](=O)C(C)(C)C)C2CC2)cc1. The van der Waals surface area contributed by atoms with Crippen LogP contribution in [0.25, 0.3) is 0 Å². The minimum Gasteiger partial charge on any atom is -0.259 e. The normalized spacial score (nSPS) is 19.6. The molecular formula is C16H24OS. The Kier molecular flexibility index (Phi) is 3.96. The fourth-order valence-electron chi connectivity index (χ4n) is 2.23. The standard InChI is InChI=1S/C16H24OS/c1-12-5-7-13(8-6-12)15(14-9-10-14)11-18(17)16(2,3)4/h5-8,14-15H,9-11H2,1-4H3/t15?,18-/m1/s1. The van der Waals surface area contributed by atoms with E-state index in [1.165, 1.54) is 24.0 Å². The van der Waals surface area contributed by atoms with Crippen LogP contribution >= 0.6 is 0 Å². The average Bonchev–Trinajstić information content (AvgIpc) is 3.09. The molecule has 1 unspecified atom stereocenters. The number of hydrogen-bond acceptors (Lipinski definition) is 1. The van der Waals surface area contributed by atoms with Crippen molar-refractivity contribution in [1.29, 1.82) is 0 Å². The molecule has 1 aromatic carbocycles. The van der Waals surface area contributed by atoms with Crippen LogP contribution in [0.3, 0.4) is 0 Å². The van der Waals surface area contributed by atoms with Crippen molar-refractivity contribution in [1.82, 2.24) is 0 Å². The minimum absolute atomic E-state index is 0.0994. The molecule has 1 nitrogen and oxygen atoms in total. The van der Waals surface area contributed by atoms with Gasteiger partial charge < -0.3 is 0 Å². The van der Waals surface area contributed by atoms with Gasteiger partial charge in [0.2, 0.25) is 0 Å². The zero-order valence-electron chi connectivity index (χ0n) is 11.9. The predicted molar refractivity (Wildman–Crippen MR) is 79.4 cm³/mol. The van der Waals surface area contributed by atoms with E-state index < -0.39 is 10.8 Å². The molecule has 1 aliphatic carbocycles. The number of aryl methyl sites for hydroxylation is 1. The van der Waals surface area contributed by atoms with Gasteiger partial charge in [0.25, 0.3) is 0 Å². The first kappa shape index (κ1) is 13.8. The lowest BCUT2D eigenvalue weighted by atomic mass is 9.95. The molecule has 2 rings (SSSR count). The van der Waals surface area contributed by atoms with Crippen molar-refractivity contribution in [3.63, 3.8) is 0 Å². The lowest BCUT2D eigenvalue weighted by Gasteiger charge is -2.23. The van der Waals surface area contributed by atoms with Crippen LogP contribution in [0.4, 0.5) is 0 Å². The van der Waals surface area contributed by atoms with Crippen LogP contribution in [-0.2, 0) is 10.8 Å². The van der Waals surface area contributed by atoms with Gasteiger partial charge in [-0.25, -0.2) is 0 Å². The first-order valence-corrected chi connectivity index (χ1v) is 8.15. The van der Waals surface area contributed by atoms with E-state index in [1.807, 2.05) is 0 Å². The Bertz CT molecular complexity index is 423. The van der Waals surface area contributed by atoms with Gasteiger partial charge in [-0.05, 0) is 57.9 Å². The van der Waals surface area contributed by atoms with Crippen LogP contribution in [-0.4, -0.2) is 14.7 Å². The zero-order valence-corrected chi connectivity index (χ0v) is 12.7. The summed E-state index contributed by atoms with van der Waals surface area (Å²) in [6, 6.07) is 8.78. The molecule has 2 atom stereocenters. The molecule has 0 spiro atoms. The fourth-order valence-corrected chi connectivity index (χ4v) is 3.52. The van der Waals surface area contributed by atoms with Gasteiger partial charge in [0.15, 0.2) is 0 Å². The predicted octanol–water partition coefficient (Wildman–Crippen LogP) is 4.04. The van der Waals surface area contributed by atoms with Crippen LogP contribution in [0.15, 0.2) is 24.3 Å². The molecule has 1 aromatic rings. The van der Waals surface area contributed by atoms with E-state index in [9.17, 15) is 4.21 Å². The Morgan fingerprint density at radius 3 is 2.22 bits per heavy atom. The Balaban J connectivity index is 2.14. The molecular weight excluding hydrogens is 240 g/mol. The van der Waals surface area contributed by atoms with Gasteiger partial charge in [0.1, 0.15) is 0 Å². The fraction of sp³-hybridized carbons (Fsp3) is 0.625. The highest BCUT2D eigenvalue weighted by Gasteiger charge is 2.35. The topological polar surface area (TPSA) is 17.1 Å². The van der Waals surface area contributed by atoms with Crippen molar-refractivity contribution < 1.29 is 4.21 Å². The Morgan fingerprint density at radius 1 is 1.22 bits per heavy atom. The molecule has 0 heterocycles. The van der Waals surface area contributed by atoms with E-state index in [-0.39, 0.29) is 4.75 Å². The van der Waals surface area contributed by atoms with E-state index >= 15 is 0 Å². The molecule has 0 amide bonds. The van der Waals surface area contributed by atoms with Gasteiger partial charge in [-0.3, -0.25) is 4.21 Å². The van der Waals surface area contributed by atoms with Crippen LogP contribution in [0, 0.1) is 12.8 Å². The highest BCUT2D eigenvalue weighted by atomic mass is 32.2. The Morgan fingerprint density at radius 2 is 1.78 bits per heavy atom. The minimum atomic E-state index is -0.754. The summed E-state index contributed by atoms with van der Waals surface area (Å²) >= 11 is 0. The first-order valence-electron chi connectivity index (χ1n) is 6.83. The summed E-state index contributed by atoms with van der Waals surface area (Å²) in [6.45, 7) is 8.33. The number of hydrogen-bond donors (Lipinski definition) is 0. The second-order valence-electron chi connectivity index (χ2n) is 6.48. The summed E-state index contributed by atoms with van der Waals surface area (Å²) in [5.41, 5.74) is 2.67. The lowest BCUT2D eigenvalue weighted by molar-refractivity contribution is 0.618. The van der Waals surface area contributed by atoms with Crippen molar-refractivity contribution in [3.8, 4) is 0 Å². The molecule has 1 saturated carbocycles. The van der Waals surface area contributed by atoms with Crippen molar-refractivity contribution in [2.75, 3.05) is 5.75 Å². The second kappa shape index (κ2) is 5.16. The molecule has 2 heteroatoms. The maximum Gasteiger partial charge on any atom is 0.0375 e. The number of benzene rings is 1. The van der Waals surface area contributed by atoms with Gasteiger partial charge in [-0.15, -0.1) is 0 Å². The van der Waals surface area contributed by atoms with Crippen LogP contribution in [0.1, 0.15) is 50.7 Å². The maximum atomic E-state index is 12.4. The smallest absolute Gasteiger partial charge is 0.0375 e. The Labute approximate surface area is 113 Å². The van der Waals surface area contributed by atoms with E-state index in [0.29, 0.717) is 5.92 Å². The van der Waals surface area contributed by atoms with E-state index in [0.717, 1.165) is 11.7 Å². The first-order chi connectivity index (χ1) is 8.38. The molecule has 0 aliphatic heterocycles. The summed E-state index contributed by atoms with van der Waals surface area (Å²) in [4.78, 5) is 0. The largest absolute Gasteiger partial charge is 0.259 e. The van der Waals surface area contributed by atoms with Crippen molar-refractivity contribution in [2.24, 2.45) is 5.92 Å². The van der Waals surface area contributed by atoms with Crippen molar-refractivity contribution in [3.05, 3.63) is 35.4 Å². The van der Waals surface area contributed by atoms with Crippen LogP contribution in [0.5, 0.6) is 0 Å². The molecule has 1 aliphatic rings. The van der Waals surface area contributed by atoms with Gasteiger partial charge in [0, 0.05) is 21.3 Å². The third-order valence-electron chi connectivity index (χ3n) is 3.71. The van der Waals surface area contributed by atoms with E-state index in [4.69, 9.17) is 0 Å². The summed E-state index contributed by atoms with van der Waals surface area (Å²) < 4.78 is 12.3. The van der Waals surface area contributed by atoms with Crippen LogP contribution in [0.2, 0.25) is 0 Å². The average molecular weight is 264 g/mol. The highest BCUT2D eigenvalue weighted by Crippen LogP contribution is 2.43. The van der Waals surface area contributed by atoms with Gasteiger partial charge >= 0.3 is 0 Å². The summed E-state index contributed by atoms with van der Waals surface area (Å²) in [5, 5.41) is 0. The second-order valence-corrected chi connectivity index (χ2v) is 8.73. The number of rotatable bonds is 4. The quantitative estimate of drug-likeness (QED) is 0.802. The van der Waals surface area contributed by atoms with Crippen molar-refractivity contribution >= 4 is 10.8 Å². The van der Waals surface area contributed by atoms with E-state index in [2.05, 4.69) is 52.0 Å². The molecule has 0 bridgehead atoms. The third kappa shape index (κ3) is 3.44. The Hall–Kier alpha value is -0.630.